The van der Waals surface area contributed by atoms with Gasteiger partial charge in [-0.1, -0.05) is 23.9 Å². The first-order valence-electron chi connectivity index (χ1n) is 9.06. The van der Waals surface area contributed by atoms with Crippen LogP contribution < -0.4 is 10.6 Å². The van der Waals surface area contributed by atoms with Crippen molar-refractivity contribution >= 4 is 29.6 Å². The number of rotatable bonds is 4. The predicted molar refractivity (Wildman–Crippen MR) is 104 cm³/mol. The SMILES string of the molecule is CC(Sc1nncn1C)c1cccc(NC(=O)N2CC3(CCOC(=O)N3)C2)c1. The number of nitrogens with one attached hydrogen (secondary N) is 2. The summed E-state index contributed by atoms with van der Waals surface area (Å²) in [6.45, 7) is 3.47. The molecular formula is C18H22N6O3S. The number of alkyl carbamates (subject to hydrolysis) is 1. The van der Waals surface area contributed by atoms with E-state index >= 15 is 0 Å². The molecule has 2 aromatic rings. The zero-order valence-electron chi connectivity index (χ0n) is 15.7. The molecule has 1 spiro atoms. The third-order valence-corrected chi connectivity index (χ3v) is 6.22. The fourth-order valence-electron chi connectivity index (χ4n) is 3.40. The number of cyclic esters (lactones) is 1. The van der Waals surface area contributed by atoms with Crippen molar-refractivity contribution in [1.82, 2.24) is 25.0 Å². The van der Waals surface area contributed by atoms with Crippen LogP contribution in [0, 0.1) is 0 Å². The minimum absolute atomic E-state index is 0.157. The summed E-state index contributed by atoms with van der Waals surface area (Å²) >= 11 is 1.61. The van der Waals surface area contributed by atoms with Crippen LogP contribution in [0.15, 0.2) is 35.7 Å². The number of anilines is 1. The smallest absolute Gasteiger partial charge is 0.407 e. The molecule has 2 saturated heterocycles. The van der Waals surface area contributed by atoms with E-state index in [9.17, 15) is 9.59 Å². The largest absolute Gasteiger partial charge is 0.449 e. The lowest BCUT2D eigenvalue weighted by atomic mass is 9.86. The van der Waals surface area contributed by atoms with Crippen molar-refractivity contribution in [3.63, 3.8) is 0 Å². The lowest BCUT2D eigenvalue weighted by Gasteiger charge is -2.51. The molecule has 10 heteroatoms. The third kappa shape index (κ3) is 3.77. The lowest BCUT2D eigenvalue weighted by Crippen LogP contribution is -2.73. The van der Waals surface area contributed by atoms with Crippen molar-refractivity contribution in [3.05, 3.63) is 36.2 Å². The van der Waals surface area contributed by atoms with Crippen LogP contribution in [0.25, 0.3) is 0 Å². The average molecular weight is 402 g/mol. The number of benzene rings is 1. The molecule has 0 bridgehead atoms. The maximum absolute atomic E-state index is 12.5. The zero-order valence-corrected chi connectivity index (χ0v) is 16.5. The molecule has 0 saturated carbocycles. The Morgan fingerprint density at radius 2 is 2.25 bits per heavy atom. The molecule has 148 valence electrons. The molecule has 2 N–H and O–H groups in total. The monoisotopic (exact) mass is 402 g/mol. The summed E-state index contributed by atoms with van der Waals surface area (Å²) in [4.78, 5) is 25.6. The predicted octanol–water partition coefficient (Wildman–Crippen LogP) is 2.38. The van der Waals surface area contributed by atoms with Gasteiger partial charge in [-0.05, 0) is 24.6 Å². The standard InChI is InChI=1S/C18H22N6O3S/c1-12(28-16-22-19-11-23(16)2)13-4-3-5-14(8-13)20-15(25)24-9-18(10-24)6-7-27-17(26)21-18/h3-5,8,11-12H,6-7,9-10H2,1-2H3,(H,20,25)(H,21,26). The fourth-order valence-corrected chi connectivity index (χ4v) is 4.30. The fraction of sp³-hybridized carbons (Fsp3) is 0.444. The summed E-state index contributed by atoms with van der Waals surface area (Å²) in [6, 6.07) is 7.62. The van der Waals surface area contributed by atoms with E-state index in [0.717, 1.165) is 22.8 Å². The Morgan fingerprint density at radius 3 is 2.96 bits per heavy atom. The maximum Gasteiger partial charge on any atom is 0.407 e. The molecule has 9 nitrogen and oxygen atoms in total. The van der Waals surface area contributed by atoms with Crippen molar-refractivity contribution in [3.8, 4) is 0 Å². The number of ether oxygens (including phenoxy) is 1. The molecule has 28 heavy (non-hydrogen) atoms. The number of carbonyl (C=O) groups is 2. The van der Waals surface area contributed by atoms with Crippen LogP contribution in [0.4, 0.5) is 15.3 Å². The van der Waals surface area contributed by atoms with Gasteiger partial charge in [0.25, 0.3) is 0 Å². The highest BCUT2D eigenvalue weighted by molar-refractivity contribution is 7.99. The second kappa shape index (κ2) is 7.34. The first kappa shape index (κ1) is 18.6. The van der Waals surface area contributed by atoms with E-state index in [1.807, 2.05) is 35.9 Å². The zero-order chi connectivity index (χ0) is 19.7. The Morgan fingerprint density at radius 1 is 1.43 bits per heavy atom. The van der Waals surface area contributed by atoms with E-state index in [4.69, 9.17) is 4.74 Å². The number of aromatic nitrogens is 3. The molecule has 0 radical (unpaired) electrons. The van der Waals surface area contributed by atoms with Crippen LogP contribution in [0.3, 0.4) is 0 Å². The highest BCUT2D eigenvalue weighted by Crippen LogP contribution is 2.34. The van der Waals surface area contributed by atoms with Gasteiger partial charge >= 0.3 is 12.1 Å². The average Bonchev–Trinajstić information content (AvgIpc) is 3.04. The van der Waals surface area contributed by atoms with E-state index in [1.54, 1.807) is 23.0 Å². The Kier molecular flexibility index (Phi) is 4.88. The molecule has 1 unspecified atom stereocenters. The number of hydrogen-bond acceptors (Lipinski definition) is 6. The second-order valence-electron chi connectivity index (χ2n) is 7.19. The van der Waals surface area contributed by atoms with Crippen LogP contribution in [0.5, 0.6) is 0 Å². The highest BCUT2D eigenvalue weighted by atomic mass is 32.2. The van der Waals surface area contributed by atoms with E-state index < -0.39 is 6.09 Å². The minimum atomic E-state index is -0.409. The van der Waals surface area contributed by atoms with Gasteiger partial charge in [0.05, 0.1) is 12.1 Å². The quantitative estimate of drug-likeness (QED) is 0.762. The Balaban J connectivity index is 1.35. The number of amides is 3. The van der Waals surface area contributed by atoms with Gasteiger partial charge in [0.1, 0.15) is 6.33 Å². The van der Waals surface area contributed by atoms with Crippen LogP contribution >= 0.6 is 11.8 Å². The number of carbonyl (C=O) groups excluding carboxylic acids is 2. The first-order valence-corrected chi connectivity index (χ1v) is 9.94. The van der Waals surface area contributed by atoms with E-state index in [1.165, 1.54) is 0 Å². The van der Waals surface area contributed by atoms with E-state index in [0.29, 0.717) is 19.7 Å². The van der Waals surface area contributed by atoms with Crippen molar-refractivity contribution in [2.45, 2.75) is 29.3 Å². The van der Waals surface area contributed by atoms with Crippen LogP contribution in [-0.4, -0.2) is 57.0 Å². The second-order valence-corrected chi connectivity index (χ2v) is 8.50. The maximum atomic E-state index is 12.5. The van der Waals surface area contributed by atoms with Crippen LogP contribution in [0.1, 0.15) is 24.2 Å². The molecule has 1 atom stereocenters. The van der Waals surface area contributed by atoms with Crippen molar-refractivity contribution in [2.75, 3.05) is 25.0 Å². The lowest BCUT2D eigenvalue weighted by molar-refractivity contribution is 0.0165. The number of hydrogen-bond donors (Lipinski definition) is 2. The third-order valence-electron chi connectivity index (χ3n) is 5.01. The molecule has 1 aromatic heterocycles. The highest BCUT2D eigenvalue weighted by Gasteiger charge is 2.48. The molecule has 3 amide bonds. The van der Waals surface area contributed by atoms with Gasteiger partial charge in [-0.2, -0.15) is 0 Å². The van der Waals surface area contributed by atoms with E-state index in [2.05, 4.69) is 27.8 Å². The summed E-state index contributed by atoms with van der Waals surface area (Å²) in [5.74, 6) is 0. The summed E-state index contributed by atoms with van der Waals surface area (Å²) in [5.41, 5.74) is 1.49. The van der Waals surface area contributed by atoms with Gasteiger partial charge in [-0.25, -0.2) is 9.59 Å². The van der Waals surface area contributed by atoms with Crippen LogP contribution in [0.2, 0.25) is 0 Å². The number of aryl methyl sites for hydroxylation is 1. The number of thioether (sulfide) groups is 1. The molecular weight excluding hydrogens is 380 g/mol. The van der Waals surface area contributed by atoms with Crippen molar-refractivity contribution in [2.24, 2.45) is 7.05 Å². The molecule has 0 aliphatic carbocycles. The number of nitrogens with zero attached hydrogens (tertiary/aromatic N) is 4. The van der Waals surface area contributed by atoms with Gasteiger partial charge in [0.2, 0.25) is 0 Å². The van der Waals surface area contributed by atoms with Gasteiger partial charge in [0.15, 0.2) is 5.16 Å². The topological polar surface area (TPSA) is 101 Å². The Labute approximate surface area is 166 Å². The Hall–Kier alpha value is -2.75. The number of likely N-dealkylation sites (tertiary alicyclic amines) is 1. The molecule has 4 rings (SSSR count). The van der Waals surface area contributed by atoms with Gasteiger partial charge in [-0.15, -0.1) is 10.2 Å². The summed E-state index contributed by atoms with van der Waals surface area (Å²) in [5, 5.41) is 14.8. The molecule has 2 fully saturated rings. The molecule has 1 aromatic carbocycles. The summed E-state index contributed by atoms with van der Waals surface area (Å²) in [6.07, 6.45) is 1.98. The Bertz CT molecular complexity index is 895. The minimum Gasteiger partial charge on any atom is -0.449 e. The van der Waals surface area contributed by atoms with E-state index in [-0.39, 0.29) is 16.8 Å². The van der Waals surface area contributed by atoms with Gasteiger partial charge in [0, 0.05) is 37.5 Å². The van der Waals surface area contributed by atoms with Gasteiger partial charge in [-0.3, -0.25) is 0 Å². The normalized spacial score (nSPS) is 18.8. The van der Waals surface area contributed by atoms with Gasteiger partial charge < -0.3 is 24.8 Å². The number of urea groups is 1. The summed E-state index contributed by atoms with van der Waals surface area (Å²) in [7, 11) is 1.91. The molecule has 3 heterocycles. The van der Waals surface area contributed by atoms with Crippen molar-refractivity contribution < 1.29 is 14.3 Å². The molecule has 2 aliphatic heterocycles. The summed E-state index contributed by atoms with van der Waals surface area (Å²) < 4.78 is 6.78. The van der Waals surface area contributed by atoms with Crippen LogP contribution in [-0.2, 0) is 11.8 Å². The molecule has 2 aliphatic rings. The first-order chi connectivity index (χ1) is 13.4. The van der Waals surface area contributed by atoms with Crippen molar-refractivity contribution in [1.29, 1.82) is 0 Å².